The lowest BCUT2D eigenvalue weighted by molar-refractivity contribution is -0.404. The maximum absolute atomic E-state index is 10.4. The second-order valence-electron chi connectivity index (χ2n) is 5.55. The Balaban J connectivity index is 0.000000547. The maximum atomic E-state index is 10.4. The second kappa shape index (κ2) is 10.1. The van der Waals surface area contributed by atoms with Gasteiger partial charge >= 0.3 is 11.4 Å². The number of aromatic hydroxyl groups is 1. The first-order valence-corrected chi connectivity index (χ1v) is 7.49. The van der Waals surface area contributed by atoms with Gasteiger partial charge in [-0.15, -0.1) is 0 Å². The van der Waals surface area contributed by atoms with Crippen LogP contribution in [0.2, 0.25) is 0 Å². The summed E-state index contributed by atoms with van der Waals surface area (Å²) >= 11 is 0. The van der Waals surface area contributed by atoms with Crippen molar-refractivity contribution in [3.05, 3.63) is 42.5 Å². The van der Waals surface area contributed by atoms with Gasteiger partial charge in [0.1, 0.15) is 0 Å². The molecule has 11 heteroatoms. The van der Waals surface area contributed by atoms with Crippen molar-refractivity contribution in [2.75, 3.05) is 20.6 Å². The molecule has 0 aliphatic heterocycles. The SMILES string of the molecule is CCC(CC)CN(C)C.O=[N+]([O-])c1cc([N+](=O)[O-])c(O)c([N+](=O)[O-])c1. The van der Waals surface area contributed by atoms with Gasteiger partial charge in [0.15, 0.2) is 0 Å². The summed E-state index contributed by atoms with van der Waals surface area (Å²) in [5, 5.41) is 40.2. The van der Waals surface area contributed by atoms with Crippen LogP contribution in [-0.4, -0.2) is 45.4 Å². The van der Waals surface area contributed by atoms with Crippen LogP contribution in [0.25, 0.3) is 0 Å². The van der Waals surface area contributed by atoms with Crippen molar-refractivity contribution in [2.45, 2.75) is 26.7 Å². The number of non-ortho nitro benzene ring substituents is 1. The summed E-state index contributed by atoms with van der Waals surface area (Å²) in [6.45, 7) is 5.77. The molecule has 0 aliphatic carbocycles. The zero-order chi connectivity index (χ0) is 19.7. The van der Waals surface area contributed by atoms with Gasteiger partial charge in [0.05, 0.1) is 26.9 Å². The summed E-state index contributed by atoms with van der Waals surface area (Å²) in [6.07, 6.45) is 2.63. The quantitative estimate of drug-likeness (QED) is 0.576. The molecule has 0 saturated heterocycles. The average molecular weight is 358 g/mol. The van der Waals surface area contributed by atoms with Gasteiger partial charge in [-0.2, -0.15) is 0 Å². The number of nitro groups is 3. The Kier molecular flexibility index (Phi) is 8.99. The van der Waals surface area contributed by atoms with Crippen LogP contribution in [-0.2, 0) is 0 Å². The molecule has 0 unspecified atom stereocenters. The molecule has 0 aromatic heterocycles. The van der Waals surface area contributed by atoms with Gasteiger partial charge in [-0.3, -0.25) is 30.3 Å². The predicted molar refractivity (Wildman–Crippen MR) is 90.7 cm³/mol. The molecule has 25 heavy (non-hydrogen) atoms. The molecule has 0 bridgehead atoms. The Morgan fingerprint density at radius 2 is 1.36 bits per heavy atom. The Morgan fingerprint density at radius 3 is 1.56 bits per heavy atom. The van der Waals surface area contributed by atoms with Gasteiger partial charge in [0, 0.05) is 6.54 Å². The number of benzene rings is 1. The molecule has 0 heterocycles. The summed E-state index contributed by atoms with van der Waals surface area (Å²) < 4.78 is 0. The molecule has 11 nitrogen and oxygen atoms in total. The van der Waals surface area contributed by atoms with Crippen molar-refractivity contribution < 1.29 is 19.9 Å². The van der Waals surface area contributed by atoms with E-state index in [0.717, 1.165) is 5.92 Å². The average Bonchev–Trinajstić information content (AvgIpc) is 2.52. The fourth-order valence-electron chi connectivity index (χ4n) is 2.04. The zero-order valence-electron chi connectivity index (χ0n) is 14.5. The molecular formula is C14H22N4O7. The highest BCUT2D eigenvalue weighted by Crippen LogP contribution is 2.38. The van der Waals surface area contributed by atoms with Crippen LogP contribution in [0.15, 0.2) is 12.1 Å². The van der Waals surface area contributed by atoms with Crippen LogP contribution in [0.5, 0.6) is 5.75 Å². The van der Waals surface area contributed by atoms with Gasteiger partial charge < -0.3 is 10.0 Å². The van der Waals surface area contributed by atoms with Crippen LogP contribution in [0, 0.1) is 36.3 Å². The normalized spacial score (nSPS) is 10.3. The van der Waals surface area contributed by atoms with Gasteiger partial charge in [-0.1, -0.05) is 26.7 Å². The summed E-state index contributed by atoms with van der Waals surface area (Å²) in [5.74, 6) is -0.305. The number of phenols is 1. The summed E-state index contributed by atoms with van der Waals surface area (Å²) in [4.78, 5) is 30.0. The van der Waals surface area contributed by atoms with E-state index in [0.29, 0.717) is 12.1 Å². The lowest BCUT2D eigenvalue weighted by Gasteiger charge is -2.17. The molecule has 0 saturated carbocycles. The Labute approximate surface area is 144 Å². The fraction of sp³-hybridized carbons (Fsp3) is 0.571. The zero-order valence-corrected chi connectivity index (χ0v) is 14.5. The monoisotopic (exact) mass is 358 g/mol. The molecule has 1 aromatic carbocycles. The number of nitro benzene ring substituents is 3. The van der Waals surface area contributed by atoms with E-state index in [1.54, 1.807) is 0 Å². The minimum atomic E-state index is -1.21. The van der Waals surface area contributed by atoms with Crippen LogP contribution in [0.4, 0.5) is 17.1 Å². The Morgan fingerprint density at radius 1 is 0.960 bits per heavy atom. The summed E-state index contributed by atoms with van der Waals surface area (Å²) in [5.41, 5.74) is -3.00. The molecule has 0 aliphatic rings. The molecule has 1 rings (SSSR count). The van der Waals surface area contributed by atoms with Crippen molar-refractivity contribution in [1.82, 2.24) is 4.90 Å². The summed E-state index contributed by atoms with van der Waals surface area (Å²) in [6, 6.07) is 0.894. The molecule has 0 atom stereocenters. The van der Waals surface area contributed by atoms with E-state index in [-0.39, 0.29) is 0 Å². The predicted octanol–water partition coefficient (Wildman–Crippen LogP) is 3.10. The molecule has 0 amide bonds. The van der Waals surface area contributed by atoms with Crippen molar-refractivity contribution in [3.8, 4) is 5.75 Å². The largest absolute Gasteiger partial charge is 0.497 e. The topological polar surface area (TPSA) is 153 Å². The highest BCUT2D eigenvalue weighted by atomic mass is 16.6. The van der Waals surface area contributed by atoms with E-state index in [4.69, 9.17) is 5.11 Å². The second-order valence-corrected chi connectivity index (χ2v) is 5.55. The van der Waals surface area contributed by atoms with Crippen LogP contribution in [0.3, 0.4) is 0 Å². The third kappa shape index (κ3) is 7.08. The Hall–Kier alpha value is -2.82. The number of rotatable bonds is 7. The third-order valence-corrected chi connectivity index (χ3v) is 3.44. The minimum absolute atomic E-state index is 0.447. The third-order valence-electron chi connectivity index (χ3n) is 3.44. The van der Waals surface area contributed by atoms with Gasteiger partial charge in [0.25, 0.3) is 11.4 Å². The number of nitrogens with zero attached hydrogens (tertiary/aromatic N) is 4. The van der Waals surface area contributed by atoms with Gasteiger partial charge in [-0.05, 0) is 20.0 Å². The van der Waals surface area contributed by atoms with E-state index in [9.17, 15) is 30.3 Å². The first-order chi connectivity index (χ1) is 11.5. The maximum Gasteiger partial charge on any atom is 0.324 e. The lowest BCUT2D eigenvalue weighted by Crippen LogP contribution is -2.20. The van der Waals surface area contributed by atoms with Crippen LogP contribution >= 0.6 is 0 Å². The molecule has 0 radical (unpaired) electrons. The van der Waals surface area contributed by atoms with E-state index in [1.807, 2.05) is 0 Å². The summed E-state index contributed by atoms with van der Waals surface area (Å²) in [7, 11) is 4.27. The van der Waals surface area contributed by atoms with Gasteiger partial charge in [-0.25, -0.2) is 0 Å². The highest BCUT2D eigenvalue weighted by molar-refractivity contribution is 5.64. The number of hydrogen-bond donors (Lipinski definition) is 1. The molecule has 140 valence electrons. The van der Waals surface area contributed by atoms with Crippen LogP contribution < -0.4 is 0 Å². The Bertz CT molecular complexity index is 595. The van der Waals surface area contributed by atoms with Crippen molar-refractivity contribution >= 4 is 17.1 Å². The minimum Gasteiger partial charge on any atom is -0.497 e. The van der Waals surface area contributed by atoms with E-state index in [2.05, 4.69) is 32.8 Å². The molecule has 0 fully saturated rings. The fourth-order valence-corrected chi connectivity index (χ4v) is 2.04. The smallest absolute Gasteiger partial charge is 0.324 e. The van der Waals surface area contributed by atoms with Crippen molar-refractivity contribution in [3.63, 3.8) is 0 Å². The standard InChI is InChI=1S/C8H19N.C6H3N3O7/c1-5-8(6-2)7-9(3)4;10-6-4(8(13)14)1-3(7(11)12)2-5(6)9(15)16/h8H,5-7H2,1-4H3;1-2,10H. The molecular weight excluding hydrogens is 336 g/mol. The van der Waals surface area contributed by atoms with E-state index >= 15 is 0 Å². The number of hydrogen-bond acceptors (Lipinski definition) is 8. The van der Waals surface area contributed by atoms with E-state index < -0.39 is 37.6 Å². The number of phenolic OH excluding ortho intramolecular Hbond substituents is 1. The lowest BCUT2D eigenvalue weighted by atomic mass is 10.0. The van der Waals surface area contributed by atoms with Crippen molar-refractivity contribution in [2.24, 2.45) is 5.92 Å². The first-order valence-electron chi connectivity index (χ1n) is 7.49. The molecule has 1 aromatic rings. The van der Waals surface area contributed by atoms with E-state index in [1.165, 1.54) is 19.4 Å². The van der Waals surface area contributed by atoms with Crippen molar-refractivity contribution in [1.29, 1.82) is 0 Å². The highest BCUT2D eigenvalue weighted by Gasteiger charge is 2.30. The first kappa shape index (κ1) is 22.2. The van der Waals surface area contributed by atoms with Crippen LogP contribution in [0.1, 0.15) is 26.7 Å². The molecule has 0 spiro atoms. The molecule has 1 N–H and O–H groups in total. The van der Waals surface area contributed by atoms with Gasteiger partial charge in [0.2, 0.25) is 0 Å².